The molecule has 0 amide bonds. The molecule has 3 nitrogen and oxygen atoms in total. The predicted molar refractivity (Wildman–Crippen MR) is 53.2 cm³/mol. The van der Waals surface area contributed by atoms with E-state index in [9.17, 15) is 23.1 Å². The Bertz CT molecular complexity index is 402. The van der Waals surface area contributed by atoms with Gasteiger partial charge in [-0.1, -0.05) is 30.3 Å². The van der Waals surface area contributed by atoms with Crippen LogP contribution in [0, 0.1) is 5.92 Å². The average molecular weight is 248 g/mol. The zero-order valence-electron chi connectivity index (χ0n) is 8.90. The van der Waals surface area contributed by atoms with Crippen molar-refractivity contribution in [3.63, 3.8) is 0 Å². The Morgan fingerprint density at radius 2 is 1.71 bits per heavy atom. The molecule has 0 bridgehead atoms. The number of hydrogen-bond donors (Lipinski definition) is 2. The van der Waals surface area contributed by atoms with E-state index in [0.717, 1.165) is 19.1 Å². The summed E-state index contributed by atoms with van der Waals surface area (Å²) < 4.78 is 38.7. The molecule has 94 valence electrons. The Morgan fingerprint density at radius 3 is 2.06 bits per heavy atom. The van der Waals surface area contributed by atoms with Crippen LogP contribution in [0.2, 0.25) is 0 Å². The Morgan fingerprint density at radius 1 is 1.24 bits per heavy atom. The van der Waals surface area contributed by atoms with Gasteiger partial charge < -0.3 is 10.2 Å². The largest absolute Gasteiger partial charge is 0.481 e. The SMILES string of the molecule is CC(C(=O)O)C(O)(c1ccccc1)C(F)(F)F. The lowest BCUT2D eigenvalue weighted by molar-refractivity contribution is -0.284. The van der Waals surface area contributed by atoms with E-state index in [2.05, 4.69) is 0 Å². The molecule has 6 heteroatoms. The van der Waals surface area contributed by atoms with E-state index in [1.54, 1.807) is 0 Å². The van der Waals surface area contributed by atoms with Gasteiger partial charge in [-0.2, -0.15) is 13.2 Å². The molecule has 1 rings (SSSR count). The first kappa shape index (κ1) is 13.5. The van der Waals surface area contributed by atoms with Crippen molar-refractivity contribution in [2.24, 2.45) is 5.92 Å². The summed E-state index contributed by atoms with van der Waals surface area (Å²) in [5.74, 6) is -3.71. The summed E-state index contributed by atoms with van der Waals surface area (Å²) in [6, 6.07) is 6.19. The number of aliphatic carboxylic acids is 1. The van der Waals surface area contributed by atoms with Gasteiger partial charge in [0.05, 0.1) is 5.92 Å². The molecular weight excluding hydrogens is 237 g/mol. The third-order valence-corrected chi connectivity index (χ3v) is 2.64. The van der Waals surface area contributed by atoms with Gasteiger partial charge >= 0.3 is 12.1 Å². The number of benzene rings is 1. The topological polar surface area (TPSA) is 57.5 Å². The minimum absolute atomic E-state index is 0.484. The normalized spacial score (nSPS) is 17.2. The van der Waals surface area contributed by atoms with Gasteiger partial charge in [0.15, 0.2) is 5.60 Å². The number of rotatable bonds is 3. The summed E-state index contributed by atoms with van der Waals surface area (Å²) in [6.45, 7) is 0.822. The minimum atomic E-state index is -5.06. The van der Waals surface area contributed by atoms with Crippen LogP contribution >= 0.6 is 0 Å². The van der Waals surface area contributed by atoms with Crippen LogP contribution in [0.4, 0.5) is 13.2 Å². The Kier molecular flexibility index (Phi) is 3.47. The first-order valence-corrected chi connectivity index (χ1v) is 4.78. The van der Waals surface area contributed by atoms with E-state index in [0.29, 0.717) is 0 Å². The predicted octanol–water partition coefficient (Wildman–Crippen LogP) is 2.16. The third-order valence-electron chi connectivity index (χ3n) is 2.64. The standard InChI is InChI=1S/C11H11F3O3/c1-7(9(15)16)10(17,11(12,13)14)8-5-3-2-4-6-8/h2-7,17H,1H3,(H,15,16). The summed E-state index contributed by atoms with van der Waals surface area (Å²) in [7, 11) is 0. The van der Waals surface area contributed by atoms with Crippen molar-refractivity contribution in [1.29, 1.82) is 0 Å². The Balaban J connectivity index is 3.36. The number of alkyl halides is 3. The maximum absolute atomic E-state index is 12.9. The zero-order valence-corrected chi connectivity index (χ0v) is 8.90. The summed E-state index contributed by atoms with van der Waals surface area (Å²) in [5, 5.41) is 18.4. The summed E-state index contributed by atoms with van der Waals surface area (Å²) in [4.78, 5) is 10.7. The molecular formula is C11H11F3O3. The van der Waals surface area contributed by atoms with Gasteiger partial charge in [0, 0.05) is 0 Å². The molecule has 0 saturated carbocycles. The Hall–Kier alpha value is -1.56. The summed E-state index contributed by atoms with van der Waals surface area (Å²) >= 11 is 0. The molecule has 0 radical (unpaired) electrons. The minimum Gasteiger partial charge on any atom is -0.481 e. The van der Waals surface area contributed by atoms with Crippen molar-refractivity contribution < 1.29 is 28.2 Å². The van der Waals surface area contributed by atoms with Gasteiger partial charge in [-0.05, 0) is 12.5 Å². The fourth-order valence-corrected chi connectivity index (χ4v) is 1.53. The molecule has 0 aliphatic heterocycles. The molecule has 17 heavy (non-hydrogen) atoms. The van der Waals surface area contributed by atoms with Crippen LogP contribution in [-0.4, -0.2) is 22.4 Å². The van der Waals surface area contributed by atoms with Crippen molar-refractivity contribution in [3.8, 4) is 0 Å². The molecule has 0 fully saturated rings. The molecule has 2 N–H and O–H groups in total. The highest BCUT2D eigenvalue weighted by molar-refractivity contribution is 5.71. The molecule has 0 heterocycles. The molecule has 2 atom stereocenters. The lowest BCUT2D eigenvalue weighted by atomic mass is 9.81. The molecule has 0 aliphatic carbocycles. The van der Waals surface area contributed by atoms with Gasteiger partial charge in [0.25, 0.3) is 0 Å². The smallest absolute Gasteiger partial charge is 0.422 e. The van der Waals surface area contributed by atoms with E-state index in [-0.39, 0.29) is 0 Å². The number of hydrogen-bond acceptors (Lipinski definition) is 2. The van der Waals surface area contributed by atoms with Crippen molar-refractivity contribution in [3.05, 3.63) is 35.9 Å². The monoisotopic (exact) mass is 248 g/mol. The van der Waals surface area contributed by atoms with Crippen LogP contribution in [-0.2, 0) is 10.4 Å². The maximum Gasteiger partial charge on any atom is 0.422 e. The van der Waals surface area contributed by atoms with Crippen LogP contribution in [0.3, 0.4) is 0 Å². The second kappa shape index (κ2) is 4.37. The first-order valence-electron chi connectivity index (χ1n) is 4.78. The van der Waals surface area contributed by atoms with Gasteiger partial charge in [-0.25, -0.2) is 0 Å². The lowest BCUT2D eigenvalue weighted by Crippen LogP contribution is -2.50. The molecule has 0 aliphatic rings. The van der Waals surface area contributed by atoms with Gasteiger partial charge in [-0.3, -0.25) is 4.79 Å². The number of carboxylic acids is 1. The van der Waals surface area contributed by atoms with E-state index in [1.165, 1.54) is 18.2 Å². The fraction of sp³-hybridized carbons (Fsp3) is 0.364. The summed E-state index contributed by atoms with van der Waals surface area (Å²) in [5.41, 5.74) is -3.87. The van der Waals surface area contributed by atoms with Crippen molar-refractivity contribution >= 4 is 5.97 Å². The van der Waals surface area contributed by atoms with Crippen LogP contribution in [0.1, 0.15) is 12.5 Å². The highest BCUT2D eigenvalue weighted by atomic mass is 19.4. The maximum atomic E-state index is 12.9. The van der Waals surface area contributed by atoms with E-state index >= 15 is 0 Å². The first-order chi connectivity index (χ1) is 7.71. The number of aliphatic hydroxyl groups is 1. The van der Waals surface area contributed by atoms with E-state index in [1.807, 2.05) is 0 Å². The van der Waals surface area contributed by atoms with Crippen LogP contribution in [0.15, 0.2) is 30.3 Å². The third kappa shape index (κ3) is 2.26. The quantitative estimate of drug-likeness (QED) is 0.861. The second-order valence-corrected chi connectivity index (χ2v) is 3.69. The molecule has 1 aromatic rings. The molecule has 2 unspecified atom stereocenters. The van der Waals surface area contributed by atoms with E-state index in [4.69, 9.17) is 5.11 Å². The Labute approximate surface area is 95.5 Å². The highest BCUT2D eigenvalue weighted by Gasteiger charge is 2.60. The molecule has 0 spiro atoms. The molecule has 0 aromatic heterocycles. The summed E-state index contributed by atoms with van der Waals surface area (Å²) in [6.07, 6.45) is -5.06. The van der Waals surface area contributed by atoms with Crippen LogP contribution < -0.4 is 0 Å². The van der Waals surface area contributed by atoms with Crippen LogP contribution in [0.25, 0.3) is 0 Å². The number of carboxylic acid groups (broad SMARTS) is 1. The van der Waals surface area contributed by atoms with Crippen molar-refractivity contribution in [2.45, 2.75) is 18.7 Å². The van der Waals surface area contributed by atoms with Gasteiger partial charge in [0.1, 0.15) is 0 Å². The highest BCUT2D eigenvalue weighted by Crippen LogP contribution is 2.44. The number of carbonyl (C=O) groups is 1. The van der Waals surface area contributed by atoms with Gasteiger partial charge in [-0.15, -0.1) is 0 Å². The molecule has 0 saturated heterocycles. The lowest BCUT2D eigenvalue weighted by Gasteiger charge is -2.34. The average Bonchev–Trinajstić information content (AvgIpc) is 2.26. The fourth-order valence-electron chi connectivity index (χ4n) is 1.53. The van der Waals surface area contributed by atoms with E-state index < -0.39 is 29.2 Å². The van der Waals surface area contributed by atoms with Gasteiger partial charge in [0.2, 0.25) is 0 Å². The van der Waals surface area contributed by atoms with Crippen LogP contribution in [0.5, 0.6) is 0 Å². The van der Waals surface area contributed by atoms with Crippen molar-refractivity contribution in [2.75, 3.05) is 0 Å². The number of halogens is 3. The second-order valence-electron chi connectivity index (χ2n) is 3.69. The zero-order chi connectivity index (χ0) is 13.3. The van der Waals surface area contributed by atoms with Crippen molar-refractivity contribution in [1.82, 2.24) is 0 Å². The molecule has 1 aromatic carbocycles.